The Morgan fingerprint density at radius 3 is 0.602 bits per heavy atom. The Hall–Kier alpha value is -1.94. The second-order valence-corrected chi connectivity index (χ2v) is 35.0. The first-order valence-corrected chi connectivity index (χ1v) is 46.2. The SMILES string of the molecule is CC(C)CCCCCCCCCCCCCCCCCCCCC(=O)O[C@H](COC(=O)CCCCCCCCCCCCCCCC(C)C)COP(=O)(O)OC[C@@H](O)COP(=O)(O)OC[C@@H](COC(=O)CCCCCCCCCCCCC(C)C)OC(=O)CCCCCCCCCCCCC(C)C. The van der Waals surface area contributed by atoms with Gasteiger partial charge in [0, 0.05) is 25.7 Å². The molecule has 0 aliphatic carbocycles. The van der Waals surface area contributed by atoms with E-state index in [0.717, 1.165) is 114 Å². The predicted octanol–water partition coefficient (Wildman–Crippen LogP) is 25.2. The fourth-order valence-corrected chi connectivity index (χ4v) is 14.5. The van der Waals surface area contributed by atoms with E-state index in [9.17, 15) is 43.2 Å². The molecule has 17 nitrogen and oxygen atoms in total. The van der Waals surface area contributed by atoms with Gasteiger partial charge < -0.3 is 33.8 Å². The van der Waals surface area contributed by atoms with Crippen molar-refractivity contribution in [2.45, 2.75) is 453 Å². The predicted molar refractivity (Wildman–Crippen MR) is 423 cm³/mol. The first-order chi connectivity index (χ1) is 49.6. The number of esters is 4. The lowest BCUT2D eigenvalue weighted by atomic mass is 10.0. The molecule has 0 saturated heterocycles. The zero-order valence-corrected chi connectivity index (χ0v) is 69.7. The molecule has 19 heteroatoms. The van der Waals surface area contributed by atoms with Crippen LogP contribution in [0.2, 0.25) is 0 Å². The maximum atomic E-state index is 13.1. The smallest absolute Gasteiger partial charge is 0.462 e. The number of phosphoric acid groups is 2. The zero-order valence-electron chi connectivity index (χ0n) is 68.0. The molecule has 0 aromatic heterocycles. The Kier molecular flexibility index (Phi) is 71.5. The molecule has 103 heavy (non-hydrogen) atoms. The summed E-state index contributed by atoms with van der Waals surface area (Å²) in [5.74, 6) is 1.01. The summed E-state index contributed by atoms with van der Waals surface area (Å²) < 4.78 is 68.8. The van der Waals surface area contributed by atoms with E-state index in [-0.39, 0.29) is 25.7 Å². The summed E-state index contributed by atoms with van der Waals surface area (Å²) in [5, 5.41) is 10.7. The fourth-order valence-electron chi connectivity index (χ4n) is 13.0. The second-order valence-electron chi connectivity index (χ2n) is 32.1. The summed E-state index contributed by atoms with van der Waals surface area (Å²) in [7, 11) is -9.93. The number of hydrogen-bond donors (Lipinski definition) is 3. The minimum Gasteiger partial charge on any atom is -0.462 e. The average Bonchev–Trinajstić information content (AvgIpc) is 0.908. The highest BCUT2D eigenvalue weighted by atomic mass is 31.2. The van der Waals surface area contributed by atoms with Crippen molar-refractivity contribution in [2.24, 2.45) is 23.7 Å². The van der Waals surface area contributed by atoms with E-state index in [1.54, 1.807) is 0 Å². The Labute approximate surface area is 632 Å². The van der Waals surface area contributed by atoms with Crippen molar-refractivity contribution < 1.29 is 80.2 Å². The molecule has 0 radical (unpaired) electrons. The van der Waals surface area contributed by atoms with Crippen LogP contribution >= 0.6 is 15.6 Å². The van der Waals surface area contributed by atoms with Crippen LogP contribution in [-0.4, -0.2) is 96.7 Å². The van der Waals surface area contributed by atoms with Gasteiger partial charge in [-0.1, -0.05) is 383 Å². The van der Waals surface area contributed by atoms with Gasteiger partial charge >= 0.3 is 39.5 Å². The summed E-state index contributed by atoms with van der Waals surface area (Å²) >= 11 is 0. The van der Waals surface area contributed by atoms with Crippen LogP contribution in [0.3, 0.4) is 0 Å². The third-order valence-electron chi connectivity index (χ3n) is 19.6. The van der Waals surface area contributed by atoms with Crippen LogP contribution in [0.5, 0.6) is 0 Å². The van der Waals surface area contributed by atoms with Crippen LogP contribution in [0.1, 0.15) is 434 Å². The van der Waals surface area contributed by atoms with E-state index in [1.165, 1.54) is 238 Å². The number of aliphatic hydroxyl groups is 1. The lowest BCUT2D eigenvalue weighted by Gasteiger charge is -2.21. The van der Waals surface area contributed by atoms with Crippen LogP contribution in [-0.2, 0) is 65.4 Å². The van der Waals surface area contributed by atoms with Crippen molar-refractivity contribution >= 4 is 39.5 Å². The molecule has 0 saturated carbocycles. The second kappa shape index (κ2) is 72.9. The maximum absolute atomic E-state index is 13.1. The summed E-state index contributed by atoms with van der Waals surface area (Å²) in [6.07, 6.45) is 61.1. The lowest BCUT2D eigenvalue weighted by molar-refractivity contribution is -0.161. The van der Waals surface area contributed by atoms with Gasteiger partial charge in [0.15, 0.2) is 12.2 Å². The summed E-state index contributed by atoms with van der Waals surface area (Å²) in [4.78, 5) is 73.2. The van der Waals surface area contributed by atoms with E-state index < -0.39 is 97.5 Å². The van der Waals surface area contributed by atoms with Gasteiger partial charge in [-0.05, 0) is 49.4 Å². The van der Waals surface area contributed by atoms with Gasteiger partial charge in [-0.15, -0.1) is 0 Å². The Morgan fingerprint density at radius 2 is 0.408 bits per heavy atom. The Balaban J connectivity index is 5.25. The average molecular weight is 1510 g/mol. The molecule has 0 aromatic rings. The molecule has 2 unspecified atom stereocenters. The molecule has 0 spiro atoms. The lowest BCUT2D eigenvalue weighted by Crippen LogP contribution is -2.30. The maximum Gasteiger partial charge on any atom is 0.472 e. The topological polar surface area (TPSA) is 237 Å². The Morgan fingerprint density at radius 1 is 0.243 bits per heavy atom. The number of unbranched alkanes of at least 4 members (excludes halogenated alkanes) is 47. The molecule has 0 fully saturated rings. The number of aliphatic hydroxyl groups excluding tert-OH is 1. The minimum atomic E-state index is -4.97. The quantitative estimate of drug-likeness (QED) is 0.0222. The van der Waals surface area contributed by atoms with Crippen molar-refractivity contribution in [3.63, 3.8) is 0 Å². The molecule has 0 bridgehead atoms. The summed E-state index contributed by atoms with van der Waals surface area (Å²) in [6, 6.07) is 0. The Bertz CT molecular complexity index is 2010. The molecule has 0 aliphatic rings. The van der Waals surface area contributed by atoms with Crippen LogP contribution in [0.4, 0.5) is 0 Å². The van der Waals surface area contributed by atoms with Crippen molar-refractivity contribution in [3.05, 3.63) is 0 Å². The number of ether oxygens (including phenoxy) is 4. The van der Waals surface area contributed by atoms with E-state index in [4.69, 9.17) is 37.0 Å². The van der Waals surface area contributed by atoms with Gasteiger partial charge in [-0.3, -0.25) is 37.3 Å². The van der Waals surface area contributed by atoms with Gasteiger partial charge in [0.1, 0.15) is 19.3 Å². The molecule has 0 aromatic carbocycles. The molecule has 0 amide bonds. The first-order valence-electron chi connectivity index (χ1n) is 43.2. The van der Waals surface area contributed by atoms with E-state index in [2.05, 4.69) is 55.4 Å². The molecular formula is C84H164O17P2. The summed E-state index contributed by atoms with van der Waals surface area (Å²) in [5.41, 5.74) is 0. The summed E-state index contributed by atoms with van der Waals surface area (Å²) in [6.45, 7) is 14.3. The normalized spacial score (nSPS) is 14.0. The largest absolute Gasteiger partial charge is 0.472 e. The van der Waals surface area contributed by atoms with Gasteiger partial charge in [0.05, 0.1) is 26.4 Å². The van der Waals surface area contributed by atoms with E-state index in [0.29, 0.717) is 25.7 Å². The highest BCUT2D eigenvalue weighted by Gasteiger charge is 2.30. The van der Waals surface area contributed by atoms with Crippen LogP contribution < -0.4 is 0 Å². The minimum absolute atomic E-state index is 0.106. The highest BCUT2D eigenvalue weighted by molar-refractivity contribution is 7.47. The molecule has 0 heterocycles. The standard InChI is InChI=1S/C84H164O17P2/c1-74(2)60-52-44-36-28-20-16-13-11-9-10-12-14-18-23-34-42-50-58-66-83(88)100-79(70-94-81(86)64-56-48-40-32-22-19-15-17-21-29-37-45-53-61-75(3)4)72-98-102(90,91)96-68-78(85)69-97-103(92,93)99-73-80(101-84(89)67-59-51-43-35-27-25-31-39-47-55-63-77(7)8)71-95-82(87)65-57-49-41-33-26-24-30-38-46-54-62-76(5)6/h74-80,85H,9-73H2,1-8H3,(H,90,91)(H,92,93)/t78-,79-,80-/m1/s1. The third-order valence-corrected chi connectivity index (χ3v) is 21.5. The molecule has 0 aliphatic heterocycles. The number of carbonyl (C=O) groups is 4. The molecule has 5 atom stereocenters. The number of hydrogen-bond acceptors (Lipinski definition) is 15. The highest BCUT2D eigenvalue weighted by Crippen LogP contribution is 2.45. The first kappa shape index (κ1) is 101. The number of carbonyl (C=O) groups excluding carboxylic acids is 4. The monoisotopic (exact) mass is 1510 g/mol. The fraction of sp³-hybridized carbons (Fsp3) is 0.952. The van der Waals surface area contributed by atoms with Crippen LogP contribution in [0.15, 0.2) is 0 Å². The van der Waals surface area contributed by atoms with Crippen LogP contribution in [0.25, 0.3) is 0 Å². The van der Waals surface area contributed by atoms with Gasteiger partial charge in [-0.2, -0.15) is 0 Å². The number of phosphoric ester groups is 2. The molecule has 0 rings (SSSR count). The molecular weight excluding hydrogens is 1340 g/mol. The van der Waals surface area contributed by atoms with Crippen molar-refractivity contribution in [3.8, 4) is 0 Å². The van der Waals surface area contributed by atoms with Crippen LogP contribution in [0, 0.1) is 23.7 Å². The van der Waals surface area contributed by atoms with E-state index >= 15 is 0 Å². The third kappa shape index (κ3) is 78.0. The van der Waals surface area contributed by atoms with Gasteiger partial charge in [0.2, 0.25) is 0 Å². The zero-order chi connectivity index (χ0) is 76.0. The van der Waals surface area contributed by atoms with Crippen molar-refractivity contribution in [1.29, 1.82) is 0 Å². The van der Waals surface area contributed by atoms with Crippen molar-refractivity contribution in [2.75, 3.05) is 39.6 Å². The van der Waals surface area contributed by atoms with Gasteiger partial charge in [0.25, 0.3) is 0 Å². The van der Waals surface area contributed by atoms with Crippen molar-refractivity contribution in [1.82, 2.24) is 0 Å². The molecule has 3 N–H and O–H groups in total. The molecule has 612 valence electrons. The van der Waals surface area contributed by atoms with E-state index in [1.807, 2.05) is 0 Å². The van der Waals surface area contributed by atoms with Gasteiger partial charge in [-0.25, -0.2) is 9.13 Å². The number of rotatable bonds is 81.